The molecule has 1 amide bonds. The van der Waals surface area contributed by atoms with Crippen molar-refractivity contribution in [2.45, 2.75) is 6.10 Å². The Bertz CT molecular complexity index is 713. The molecule has 0 spiro atoms. The van der Waals surface area contributed by atoms with Gasteiger partial charge in [0, 0.05) is 0 Å². The lowest BCUT2D eigenvalue weighted by Crippen LogP contribution is -2.42. The highest BCUT2D eigenvalue weighted by molar-refractivity contribution is 5.85. The molecule has 6 nitrogen and oxygen atoms in total. The Morgan fingerprint density at radius 3 is 2.70 bits per heavy atom. The predicted molar refractivity (Wildman–Crippen MR) is 85.1 cm³/mol. The summed E-state index contributed by atoms with van der Waals surface area (Å²) in [7, 11) is 1.60. The minimum Gasteiger partial charge on any atom is -0.497 e. The number of hydrogen-bond donors (Lipinski definition) is 1. The van der Waals surface area contributed by atoms with Gasteiger partial charge < -0.3 is 14.2 Å². The summed E-state index contributed by atoms with van der Waals surface area (Å²) in [5.74, 6) is 1.60. The van der Waals surface area contributed by atoms with Gasteiger partial charge in [-0.15, -0.1) is 0 Å². The molecule has 6 heteroatoms. The molecule has 0 fully saturated rings. The zero-order valence-corrected chi connectivity index (χ0v) is 12.6. The maximum atomic E-state index is 12.0. The highest BCUT2D eigenvalue weighted by Gasteiger charge is 2.26. The number of carbonyl (C=O) groups is 1. The van der Waals surface area contributed by atoms with Gasteiger partial charge in [-0.05, 0) is 42.0 Å². The third kappa shape index (κ3) is 3.60. The Hall–Kier alpha value is -3.02. The molecule has 0 saturated heterocycles. The lowest BCUT2D eigenvalue weighted by atomic mass is 10.2. The van der Waals surface area contributed by atoms with E-state index in [-0.39, 0.29) is 12.5 Å². The first-order chi connectivity index (χ1) is 11.3. The van der Waals surface area contributed by atoms with Crippen molar-refractivity contribution in [1.29, 1.82) is 0 Å². The van der Waals surface area contributed by atoms with Crippen LogP contribution in [0.1, 0.15) is 5.56 Å². The van der Waals surface area contributed by atoms with Crippen LogP contribution in [0.2, 0.25) is 0 Å². The molecule has 1 atom stereocenters. The van der Waals surface area contributed by atoms with Crippen molar-refractivity contribution in [3.8, 4) is 17.2 Å². The fraction of sp³-hybridized carbons (Fsp3) is 0.176. The minimum atomic E-state index is -0.724. The summed E-state index contributed by atoms with van der Waals surface area (Å²) in [5, 5.41) is 3.93. The molecule has 1 N–H and O–H groups in total. The smallest absolute Gasteiger partial charge is 0.284 e. The second kappa shape index (κ2) is 6.83. The van der Waals surface area contributed by atoms with E-state index in [1.165, 1.54) is 0 Å². The highest BCUT2D eigenvalue weighted by atomic mass is 16.6. The number of fused-ring (bicyclic) bond motifs is 1. The van der Waals surface area contributed by atoms with Gasteiger partial charge in [0.2, 0.25) is 6.10 Å². The van der Waals surface area contributed by atoms with Gasteiger partial charge in [-0.3, -0.25) is 4.79 Å². The molecule has 0 bridgehead atoms. The molecule has 3 rings (SSSR count). The zero-order valence-electron chi connectivity index (χ0n) is 12.6. The van der Waals surface area contributed by atoms with Crippen LogP contribution in [0, 0.1) is 0 Å². The van der Waals surface area contributed by atoms with Crippen LogP contribution in [0.25, 0.3) is 0 Å². The topological polar surface area (TPSA) is 69.2 Å². The highest BCUT2D eigenvalue weighted by Crippen LogP contribution is 2.30. The van der Waals surface area contributed by atoms with Gasteiger partial charge in [-0.2, -0.15) is 5.10 Å². The van der Waals surface area contributed by atoms with E-state index in [9.17, 15) is 4.79 Å². The van der Waals surface area contributed by atoms with Crippen LogP contribution in [0.15, 0.2) is 53.6 Å². The summed E-state index contributed by atoms with van der Waals surface area (Å²) in [4.78, 5) is 12.0. The van der Waals surface area contributed by atoms with Gasteiger partial charge >= 0.3 is 0 Å². The molecule has 2 aromatic rings. The number of para-hydroxylation sites is 2. The van der Waals surface area contributed by atoms with Crippen molar-refractivity contribution in [2.75, 3.05) is 13.7 Å². The molecule has 0 aliphatic carbocycles. The number of hydrazone groups is 1. The molecule has 2 aromatic carbocycles. The van der Waals surface area contributed by atoms with Crippen LogP contribution in [-0.4, -0.2) is 31.9 Å². The van der Waals surface area contributed by atoms with Crippen molar-refractivity contribution in [2.24, 2.45) is 5.10 Å². The van der Waals surface area contributed by atoms with E-state index in [0.29, 0.717) is 11.5 Å². The fourth-order valence-corrected chi connectivity index (χ4v) is 2.08. The van der Waals surface area contributed by atoms with Crippen molar-refractivity contribution in [1.82, 2.24) is 5.43 Å². The summed E-state index contributed by atoms with van der Waals surface area (Å²) in [6, 6.07) is 14.5. The van der Waals surface area contributed by atoms with Gasteiger partial charge in [-0.1, -0.05) is 12.1 Å². The number of carbonyl (C=O) groups excluding carboxylic acids is 1. The first-order valence-corrected chi connectivity index (χ1v) is 7.12. The third-order valence-corrected chi connectivity index (χ3v) is 3.31. The van der Waals surface area contributed by atoms with E-state index in [1.54, 1.807) is 25.5 Å². The number of nitrogens with zero attached hydrogens (tertiary/aromatic N) is 1. The number of hydrogen-bond acceptors (Lipinski definition) is 5. The normalized spacial score (nSPS) is 16.1. The molecule has 118 valence electrons. The van der Waals surface area contributed by atoms with Crippen LogP contribution in [0.3, 0.4) is 0 Å². The summed E-state index contributed by atoms with van der Waals surface area (Å²) in [5.41, 5.74) is 3.30. The largest absolute Gasteiger partial charge is 0.497 e. The molecular weight excluding hydrogens is 296 g/mol. The van der Waals surface area contributed by atoms with Gasteiger partial charge in [0.05, 0.1) is 13.3 Å². The van der Waals surface area contributed by atoms with Crippen molar-refractivity contribution in [3.63, 3.8) is 0 Å². The quantitative estimate of drug-likeness (QED) is 0.692. The molecule has 23 heavy (non-hydrogen) atoms. The second-order valence-corrected chi connectivity index (χ2v) is 4.87. The lowest BCUT2D eigenvalue weighted by molar-refractivity contribution is -0.130. The zero-order chi connectivity index (χ0) is 16.1. The molecule has 1 aliphatic rings. The number of amides is 1. The Kier molecular flexibility index (Phi) is 4.42. The number of nitrogens with one attached hydrogen (secondary N) is 1. The predicted octanol–water partition coefficient (Wildman–Crippen LogP) is 1.99. The molecule has 0 aromatic heterocycles. The Morgan fingerprint density at radius 2 is 1.96 bits per heavy atom. The van der Waals surface area contributed by atoms with E-state index in [0.717, 1.165) is 11.3 Å². The maximum absolute atomic E-state index is 12.0. The number of benzene rings is 2. The first-order valence-electron chi connectivity index (χ1n) is 7.12. The van der Waals surface area contributed by atoms with Gasteiger partial charge in [0.25, 0.3) is 5.91 Å². The van der Waals surface area contributed by atoms with E-state index in [2.05, 4.69) is 10.5 Å². The van der Waals surface area contributed by atoms with E-state index in [1.807, 2.05) is 36.4 Å². The van der Waals surface area contributed by atoms with E-state index in [4.69, 9.17) is 14.2 Å². The average molecular weight is 312 g/mol. The summed E-state index contributed by atoms with van der Waals surface area (Å²) < 4.78 is 16.2. The Morgan fingerprint density at radius 1 is 1.22 bits per heavy atom. The molecule has 1 heterocycles. The van der Waals surface area contributed by atoms with Crippen LogP contribution in [-0.2, 0) is 4.79 Å². The summed E-state index contributed by atoms with van der Waals surface area (Å²) in [6.07, 6.45) is 0.826. The summed E-state index contributed by atoms with van der Waals surface area (Å²) >= 11 is 0. The van der Waals surface area contributed by atoms with Gasteiger partial charge in [-0.25, -0.2) is 5.43 Å². The SMILES string of the molecule is COc1ccc(/C=N/NC(=O)C2COc3ccccc3O2)cc1. The monoisotopic (exact) mass is 312 g/mol. The molecule has 0 radical (unpaired) electrons. The summed E-state index contributed by atoms with van der Waals surface area (Å²) in [6.45, 7) is 0.154. The van der Waals surface area contributed by atoms with Crippen LogP contribution >= 0.6 is 0 Å². The van der Waals surface area contributed by atoms with Crippen molar-refractivity contribution in [3.05, 3.63) is 54.1 Å². The van der Waals surface area contributed by atoms with Gasteiger partial charge in [0.1, 0.15) is 12.4 Å². The molecule has 0 saturated carbocycles. The van der Waals surface area contributed by atoms with E-state index >= 15 is 0 Å². The fourth-order valence-electron chi connectivity index (χ4n) is 2.08. The maximum Gasteiger partial charge on any atom is 0.284 e. The second-order valence-electron chi connectivity index (χ2n) is 4.87. The van der Waals surface area contributed by atoms with Crippen molar-refractivity contribution >= 4 is 12.1 Å². The van der Waals surface area contributed by atoms with Crippen LogP contribution < -0.4 is 19.6 Å². The molecule has 1 unspecified atom stereocenters. The standard InChI is InChI=1S/C17H16N2O4/c1-21-13-8-6-12(7-9-13)10-18-19-17(20)16-11-22-14-4-2-3-5-15(14)23-16/h2-10,16H,11H2,1H3,(H,19,20)/b18-10+. The number of ether oxygens (including phenoxy) is 3. The van der Waals surface area contributed by atoms with E-state index < -0.39 is 6.10 Å². The molecular formula is C17H16N2O4. The minimum absolute atomic E-state index is 0.154. The molecule has 1 aliphatic heterocycles. The van der Waals surface area contributed by atoms with Crippen LogP contribution in [0.5, 0.6) is 17.2 Å². The van der Waals surface area contributed by atoms with Crippen LogP contribution in [0.4, 0.5) is 0 Å². The van der Waals surface area contributed by atoms with Crippen molar-refractivity contribution < 1.29 is 19.0 Å². The Labute approximate surface area is 133 Å². The number of rotatable bonds is 4. The lowest BCUT2D eigenvalue weighted by Gasteiger charge is -2.24. The Balaban J connectivity index is 1.56. The third-order valence-electron chi connectivity index (χ3n) is 3.31. The van der Waals surface area contributed by atoms with Gasteiger partial charge in [0.15, 0.2) is 11.5 Å². The first kappa shape index (κ1) is 14.9. The average Bonchev–Trinajstić information content (AvgIpc) is 2.61. The number of methoxy groups -OCH3 is 1.